The van der Waals surface area contributed by atoms with Gasteiger partial charge in [-0.25, -0.2) is 0 Å². The molecule has 144 valence electrons. The molecule has 2 amide bonds. The Balaban J connectivity index is 1.89. The van der Waals surface area contributed by atoms with Gasteiger partial charge in [0.2, 0.25) is 5.91 Å². The molecule has 0 saturated heterocycles. The van der Waals surface area contributed by atoms with Gasteiger partial charge in [-0.1, -0.05) is 13.0 Å². The van der Waals surface area contributed by atoms with Crippen LogP contribution in [0.15, 0.2) is 42.5 Å². The molecule has 1 aliphatic heterocycles. The summed E-state index contributed by atoms with van der Waals surface area (Å²) < 4.78 is 5.92. The minimum absolute atomic E-state index is 0.0261. The molecule has 1 aliphatic rings. The number of fused-ring (bicyclic) bond motifs is 1. The highest BCUT2D eigenvalue weighted by Gasteiger charge is 2.37. The summed E-state index contributed by atoms with van der Waals surface area (Å²) in [5, 5.41) is 11.8. The highest BCUT2D eigenvalue weighted by atomic mass is 16.5. The lowest BCUT2D eigenvalue weighted by atomic mass is 9.93. The van der Waals surface area contributed by atoms with Gasteiger partial charge >= 0.3 is 0 Å². The normalized spacial score (nSPS) is 15.1. The second-order valence-corrected chi connectivity index (χ2v) is 7.46. The number of nitrogens with zero attached hydrogens (tertiary/aromatic N) is 2. The van der Waals surface area contributed by atoms with Crippen molar-refractivity contribution >= 4 is 23.2 Å². The molecule has 3 rings (SSSR count). The van der Waals surface area contributed by atoms with Crippen LogP contribution in [-0.2, 0) is 4.79 Å². The van der Waals surface area contributed by atoms with Crippen LogP contribution in [0, 0.1) is 16.7 Å². The summed E-state index contributed by atoms with van der Waals surface area (Å²) in [5.41, 5.74) is 1.47. The first-order valence-electron chi connectivity index (χ1n) is 9.26. The Labute approximate surface area is 164 Å². The van der Waals surface area contributed by atoms with Crippen molar-refractivity contribution < 1.29 is 14.3 Å². The predicted molar refractivity (Wildman–Crippen MR) is 107 cm³/mol. The average Bonchev–Trinajstić information content (AvgIpc) is 2.78. The molecule has 2 aromatic carbocycles. The smallest absolute Gasteiger partial charge is 0.255 e. The molecule has 0 unspecified atom stereocenters. The summed E-state index contributed by atoms with van der Waals surface area (Å²) in [6.07, 6.45) is 0.828. The summed E-state index contributed by atoms with van der Waals surface area (Å²) in [7, 11) is 0. The van der Waals surface area contributed by atoms with Crippen LogP contribution in [0.5, 0.6) is 5.75 Å². The number of hydrogen-bond donors (Lipinski definition) is 1. The minimum Gasteiger partial charge on any atom is -0.490 e. The number of nitriles is 1. The van der Waals surface area contributed by atoms with E-state index in [-0.39, 0.29) is 18.4 Å². The second kappa shape index (κ2) is 7.73. The fourth-order valence-corrected chi connectivity index (χ4v) is 3.10. The number of rotatable bonds is 4. The van der Waals surface area contributed by atoms with Crippen molar-refractivity contribution in [1.29, 1.82) is 5.26 Å². The Hall–Kier alpha value is -3.33. The Morgan fingerprint density at radius 3 is 2.79 bits per heavy atom. The van der Waals surface area contributed by atoms with E-state index in [1.807, 2.05) is 26.8 Å². The molecule has 6 heteroatoms. The van der Waals surface area contributed by atoms with Crippen LogP contribution >= 0.6 is 0 Å². The first kappa shape index (κ1) is 19.4. The van der Waals surface area contributed by atoms with E-state index in [0.29, 0.717) is 34.8 Å². The second-order valence-electron chi connectivity index (χ2n) is 7.46. The van der Waals surface area contributed by atoms with Crippen molar-refractivity contribution in [2.45, 2.75) is 27.2 Å². The highest BCUT2D eigenvalue weighted by molar-refractivity contribution is 6.05. The van der Waals surface area contributed by atoms with E-state index < -0.39 is 5.41 Å². The van der Waals surface area contributed by atoms with Crippen molar-refractivity contribution in [3.8, 4) is 11.8 Å². The van der Waals surface area contributed by atoms with Gasteiger partial charge < -0.3 is 15.0 Å². The third-order valence-corrected chi connectivity index (χ3v) is 4.62. The van der Waals surface area contributed by atoms with Crippen molar-refractivity contribution in [3.05, 3.63) is 53.6 Å². The van der Waals surface area contributed by atoms with Crippen molar-refractivity contribution in [1.82, 2.24) is 0 Å². The number of amides is 2. The fraction of sp³-hybridized carbons (Fsp3) is 0.318. The number of carbonyl (C=O) groups is 2. The number of anilines is 2. The van der Waals surface area contributed by atoms with Gasteiger partial charge in [-0.2, -0.15) is 5.26 Å². The lowest BCUT2D eigenvalue weighted by Crippen LogP contribution is -2.42. The molecule has 0 radical (unpaired) electrons. The number of benzene rings is 2. The summed E-state index contributed by atoms with van der Waals surface area (Å²) in [6.45, 7) is 6.63. The number of hydrogen-bond acceptors (Lipinski definition) is 4. The lowest BCUT2D eigenvalue weighted by molar-refractivity contribution is -0.127. The summed E-state index contributed by atoms with van der Waals surface area (Å²) in [6, 6.07) is 13.8. The van der Waals surface area contributed by atoms with Gasteiger partial charge in [0.1, 0.15) is 12.4 Å². The van der Waals surface area contributed by atoms with Crippen LogP contribution in [0.25, 0.3) is 0 Å². The Morgan fingerprint density at radius 1 is 1.29 bits per heavy atom. The van der Waals surface area contributed by atoms with E-state index in [4.69, 9.17) is 10.00 Å². The lowest BCUT2D eigenvalue weighted by Gasteiger charge is -2.27. The highest BCUT2D eigenvalue weighted by Crippen LogP contribution is 2.38. The van der Waals surface area contributed by atoms with Gasteiger partial charge in [-0.05, 0) is 50.6 Å². The van der Waals surface area contributed by atoms with Gasteiger partial charge in [-0.15, -0.1) is 0 Å². The molecular weight excluding hydrogens is 354 g/mol. The SMILES string of the molecule is CCCN1C(=O)C(C)(C)COc2cc(NC(=O)c3cccc(C#N)c3)ccc21. The average molecular weight is 377 g/mol. The third kappa shape index (κ3) is 3.84. The van der Waals surface area contributed by atoms with E-state index in [0.717, 1.165) is 6.42 Å². The van der Waals surface area contributed by atoms with Gasteiger partial charge in [0.15, 0.2) is 0 Å². The van der Waals surface area contributed by atoms with Crippen LogP contribution in [0.3, 0.4) is 0 Å². The molecule has 1 N–H and O–H groups in total. The van der Waals surface area contributed by atoms with E-state index >= 15 is 0 Å². The molecule has 6 nitrogen and oxygen atoms in total. The van der Waals surface area contributed by atoms with E-state index in [2.05, 4.69) is 5.32 Å². The molecule has 1 heterocycles. The van der Waals surface area contributed by atoms with Crippen molar-refractivity contribution in [2.24, 2.45) is 5.41 Å². The summed E-state index contributed by atoms with van der Waals surface area (Å²) in [4.78, 5) is 27.1. The zero-order valence-electron chi connectivity index (χ0n) is 16.3. The molecule has 0 saturated carbocycles. The van der Waals surface area contributed by atoms with Crippen LogP contribution in [-0.4, -0.2) is 25.0 Å². The maximum absolute atomic E-state index is 12.9. The van der Waals surface area contributed by atoms with E-state index in [1.165, 1.54) is 0 Å². The Kier molecular flexibility index (Phi) is 5.36. The maximum atomic E-state index is 12.9. The van der Waals surface area contributed by atoms with Crippen molar-refractivity contribution in [3.63, 3.8) is 0 Å². The number of carbonyl (C=O) groups excluding carboxylic acids is 2. The minimum atomic E-state index is -0.630. The van der Waals surface area contributed by atoms with Crippen LogP contribution in [0.1, 0.15) is 43.1 Å². The maximum Gasteiger partial charge on any atom is 0.255 e. The van der Waals surface area contributed by atoms with Crippen LogP contribution < -0.4 is 15.0 Å². The van der Waals surface area contributed by atoms with E-state index in [9.17, 15) is 9.59 Å². The molecule has 0 atom stereocenters. The molecule has 0 aromatic heterocycles. The standard InChI is InChI=1S/C22H23N3O3/c1-4-10-25-18-9-8-17(12-19(18)28-14-22(2,3)21(25)27)24-20(26)16-7-5-6-15(11-16)13-23/h5-9,11-12H,4,10,14H2,1-3H3,(H,24,26). The predicted octanol–water partition coefficient (Wildman–Crippen LogP) is 3.97. The van der Waals surface area contributed by atoms with Gasteiger partial charge in [0.25, 0.3) is 5.91 Å². The summed E-state index contributed by atoms with van der Waals surface area (Å²) in [5.74, 6) is 0.279. The number of ether oxygens (including phenoxy) is 1. The largest absolute Gasteiger partial charge is 0.490 e. The molecule has 0 bridgehead atoms. The fourth-order valence-electron chi connectivity index (χ4n) is 3.10. The van der Waals surface area contributed by atoms with Gasteiger partial charge in [0.05, 0.1) is 22.7 Å². The van der Waals surface area contributed by atoms with Gasteiger partial charge in [0, 0.05) is 23.9 Å². The van der Waals surface area contributed by atoms with Gasteiger partial charge in [-0.3, -0.25) is 9.59 Å². The molecule has 0 spiro atoms. The van der Waals surface area contributed by atoms with Crippen LogP contribution in [0.4, 0.5) is 11.4 Å². The molecule has 2 aromatic rings. The topological polar surface area (TPSA) is 82.4 Å². The molecule has 0 aliphatic carbocycles. The molecular formula is C22H23N3O3. The quantitative estimate of drug-likeness (QED) is 0.874. The first-order chi connectivity index (χ1) is 13.4. The molecule has 28 heavy (non-hydrogen) atoms. The Morgan fingerprint density at radius 2 is 2.07 bits per heavy atom. The molecule has 0 fully saturated rings. The zero-order valence-corrected chi connectivity index (χ0v) is 16.3. The summed E-state index contributed by atoms with van der Waals surface area (Å²) >= 11 is 0. The van der Waals surface area contributed by atoms with Crippen molar-refractivity contribution in [2.75, 3.05) is 23.4 Å². The monoisotopic (exact) mass is 377 g/mol. The number of nitrogens with one attached hydrogen (secondary N) is 1. The Bertz CT molecular complexity index is 960. The van der Waals surface area contributed by atoms with E-state index in [1.54, 1.807) is 47.4 Å². The third-order valence-electron chi connectivity index (χ3n) is 4.62. The zero-order chi connectivity index (χ0) is 20.3. The first-order valence-corrected chi connectivity index (χ1v) is 9.26. The van der Waals surface area contributed by atoms with Crippen LogP contribution in [0.2, 0.25) is 0 Å².